The predicted octanol–water partition coefficient (Wildman–Crippen LogP) is 7.54. The second kappa shape index (κ2) is 6.06. The van der Waals surface area contributed by atoms with Crippen LogP contribution >= 0.6 is 11.8 Å². The molecule has 5 aromatic carbocycles. The van der Waals surface area contributed by atoms with Crippen LogP contribution in [0.1, 0.15) is 0 Å². The van der Waals surface area contributed by atoms with Crippen molar-refractivity contribution in [1.82, 2.24) is 4.57 Å². The number of anilines is 3. The standard InChI is InChI=1S/C29H16N2OS/c32-29-20-14-13-17-7-1-2-8-18(17)26(20)19-15-16-25-28-27(19)31(29)22-10-4-3-9-21(22)30(28)23-11-5-6-12-24(23)33-25/h1-16H. The Hall–Kier alpha value is -4.02. The van der Waals surface area contributed by atoms with Crippen molar-refractivity contribution < 1.29 is 0 Å². The molecule has 0 atom stereocenters. The van der Waals surface area contributed by atoms with Crippen LogP contribution in [0.25, 0.3) is 38.1 Å². The fourth-order valence-corrected chi connectivity index (χ4v) is 6.61. The van der Waals surface area contributed by atoms with E-state index in [0.717, 1.165) is 55.2 Å². The molecule has 0 saturated carbocycles. The number of fused-ring (bicyclic) bond motifs is 9. The number of pyridine rings is 1. The lowest BCUT2D eigenvalue weighted by molar-refractivity contribution is 1.01. The quantitative estimate of drug-likeness (QED) is 0.228. The van der Waals surface area contributed by atoms with Crippen molar-refractivity contribution in [3.8, 4) is 5.69 Å². The first-order chi connectivity index (χ1) is 16.3. The van der Waals surface area contributed by atoms with Crippen molar-refractivity contribution >= 4 is 61.3 Å². The van der Waals surface area contributed by atoms with E-state index in [2.05, 4.69) is 77.7 Å². The van der Waals surface area contributed by atoms with Crippen LogP contribution in [0.3, 0.4) is 0 Å². The van der Waals surface area contributed by atoms with Crippen LogP contribution in [0.15, 0.2) is 112 Å². The van der Waals surface area contributed by atoms with E-state index in [0.29, 0.717) is 0 Å². The van der Waals surface area contributed by atoms with Crippen molar-refractivity contribution in [3.63, 3.8) is 0 Å². The van der Waals surface area contributed by atoms with Gasteiger partial charge in [-0.1, -0.05) is 72.4 Å². The van der Waals surface area contributed by atoms with Gasteiger partial charge < -0.3 is 4.90 Å². The Bertz CT molecular complexity index is 1890. The molecule has 0 unspecified atom stereocenters. The van der Waals surface area contributed by atoms with Crippen LogP contribution in [0.4, 0.5) is 17.1 Å². The topological polar surface area (TPSA) is 25.2 Å². The van der Waals surface area contributed by atoms with E-state index in [-0.39, 0.29) is 5.56 Å². The summed E-state index contributed by atoms with van der Waals surface area (Å²) < 4.78 is 1.94. The summed E-state index contributed by atoms with van der Waals surface area (Å²) in [6.45, 7) is 0. The van der Waals surface area contributed by atoms with E-state index < -0.39 is 0 Å². The fraction of sp³-hybridized carbons (Fsp3) is 0. The summed E-state index contributed by atoms with van der Waals surface area (Å²) in [6.07, 6.45) is 0. The van der Waals surface area contributed by atoms with Gasteiger partial charge in [-0.05, 0) is 47.2 Å². The summed E-state index contributed by atoms with van der Waals surface area (Å²) in [5.74, 6) is 0. The van der Waals surface area contributed by atoms with E-state index in [4.69, 9.17) is 0 Å². The smallest absolute Gasteiger partial charge is 0.263 e. The highest BCUT2D eigenvalue weighted by molar-refractivity contribution is 7.99. The lowest BCUT2D eigenvalue weighted by atomic mass is 9.96. The Morgan fingerprint density at radius 3 is 2.21 bits per heavy atom. The second-order valence-electron chi connectivity index (χ2n) is 8.55. The molecule has 0 spiro atoms. The zero-order valence-corrected chi connectivity index (χ0v) is 18.3. The number of hydrogen-bond donors (Lipinski definition) is 0. The maximum Gasteiger partial charge on any atom is 0.263 e. The highest BCUT2D eigenvalue weighted by Gasteiger charge is 2.34. The summed E-state index contributed by atoms with van der Waals surface area (Å²) >= 11 is 1.78. The Morgan fingerprint density at radius 1 is 0.576 bits per heavy atom. The molecule has 4 heteroatoms. The molecule has 0 amide bonds. The van der Waals surface area contributed by atoms with Gasteiger partial charge in [0.2, 0.25) is 0 Å². The van der Waals surface area contributed by atoms with Gasteiger partial charge in [-0.25, -0.2) is 0 Å². The van der Waals surface area contributed by atoms with Gasteiger partial charge in [-0.3, -0.25) is 9.36 Å². The van der Waals surface area contributed by atoms with E-state index in [1.165, 1.54) is 9.79 Å². The third-order valence-electron chi connectivity index (χ3n) is 6.88. The molecule has 8 rings (SSSR count). The average Bonchev–Trinajstić information content (AvgIpc) is 2.87. The van der Waals surface area contributed by atoms with E-state index in [9.17, 15) is 4.79 Å². The molecule has 154 valence electrons. The van der Waals surface area contributed by atoms with Crippen LogP contribution in [0, 0.1) is 0 Å². The molecule has 0 bridgehead atoms. The molecule has 0 N–H and O–H groups in total. The summed E-state index contributed by atoms with van der Waals surface area (Å²) in [4.78, 5) is 18.8. The lowest BCUT2D eigenvalue weighted by Gasteiger charge is -2.38. The van der Waals surface area contributed by atoms with Gasteiger partial charge in [-0.15, -0.1) is 0 Å². The molecule has 0 fully saturated rings. The van der Waals surface area contributed by atoms with Crippen LogP contribution in [0.5, 0.6) is 0 Å². The highest BCUT2D eigenvalue weighted by Crippen LogP contribution is 2.57. The van der Waals surface area contributed by atoms with Crippen molar-refractivity contribution in [1.29, 1.82) is 0 Å². The molecular weight excluding hydrogens is 424 g/mol. The van der Waals surface area contributed by atoms with Gasteiger partial charge in [0.15, 0.2) is 0 Å². The molecule has 2 aliphatic rings. The minimum Gasteiger partial charge on any atom is -0.304 e. The number of rotatable bonds is 0. The Labute approximate surface area is 193 Å². The van der Waals surface area contributed by atoms with Crippen molar-refractivity contribution in [2.24, 2.45) is 0 Å². The van der Waals surface area contributed by atoms with E-state index >= 15 is 0 Å². The van der Waals surface area contributed by atoms with E-state index in [1.807, 2.05) is 28.8 Å². The molecule has 3 heterocycles. The fourth-order valence-electron chi connectivity index (χ4n) is 5.54. The number of para-hydroxylation sites is 3. The molecule has 6 aromatic rings. The monoisotopic (exact) mass is 440 g/mol. The molecule has 0 saturated heterocycles. The number of benzene rings is 5. The van der Waals surface area contributed by atoms with Crippen molar-refractivity contribution in [3.05, 3.63) is 107 Å². The summed E-state index contributed by atoms with van der Waals surface area (Å²) in [6, 6.07) is 33.6. The molecule has 2 aliphatic heterocycles. The Kier molecular flexibility index (Phi) is 3.22. The minimum atomic E-state index is 0.0348. The third-order valence-corrected chi connectivity index (χ3v) is 8.00. The van der Waals surface area contributed by atoms with Gasteiger partial charge in [0.05, 0.1) is 28.3 Å². The summed E-state index contributed by atoms with van der Waals surface area (Å²) in [5.41, 5.74) is 5.24. The maximum atomic E-state index is 14.1. The van der Waals surface area contributed by atoms with Crippen LogP contribution < -0.4 is 10.5 Å². The molecule has 3 nitrogen and oxygen atoms in total. The summed E-state index contributed by atoms with van der Waals surface area (Å²) in [5, 5.41) is 5.17. The molecule has 33 heavy (non-hydrogen) atoms. The third kappa shape index (κ3) is 2.09. The molecule has 0 aliphatic carbocycles. The molecule has 1 aromatic heterocycles. The molecule has 0 radical (unpaired) electrons. The van der Waals surface area contributed by atoms with Gasteiger partial charge in [0.1, 0.15) is 0 Å². The zero-order chi connectivity index (χ0) is 21.7. The van der Waals surface area contributed by atoms with Gasteiger partial charge in [-0.2, -0.15) is 0 Å². The first-order valence-electron chi connectivity index (χ1n) is 11.0. The van der Waals surface area contributed by atoms with Crippen LogP contribution in [-0.2, 0) is 0 Å². The number of aromatic nitrogens is 1. The largest absolute Gasteiger partial charge is 0.304 e. The Balaban J connectivity index is 1.68. The average molecular weight is 441 g/mol. The zero-order valence-electron chi connectivity index (χ0n) is 17.4. The summed E-state index contributed by atoms with van der Waals surface area (Å²) in [7, 11) is 0. The normalized spacial score (nSPS) is 13.4. The van der Waals surface area contributed by atoms with Crippen molar-refractivity contribution in [2.75, 3.05) is 4.90 Å². The van der Waals surface area contributed by atoms with Gasteiger partial charge in [0.25, 0.3) is 5.56 Å². The maximum absolute atomic E-state index is 14.1. The predicted molar refractivity (Wildman–Crippen MR) is 137 cm³/mol. The van der Waals surface area contributed by atoms with Gasteiger partial charge >= 0.3 is 0 Å². The SMILES string of the molecule is O=c1c2ccc3ccccc3c2c2ccc3c4c2n1-c1ccccc1N4c1ccccc1S3. The minimum absolute atomic E-state index is 0.0348. The van der Waals surface area contributed by atoms with Gasteiger partial charge in [0, 0.05) is 25.9 Å². The second-order valence-corrected chi connectivity index (χ2v) is 9.64. The number of hydrogen-bond acceptors (Lipinski definition) is 3. The number of nitrogens with zero attached hydrogens (tertiary/aromatic N) is 2. The van der Waals surface area contributed by atoms with Crippen molar-refractivity contribution in [2.45, 2.75) is 9.79 Å². The van der Waals surface area contributed by atoms with Crippen LogP contribution in [0.2, 0.25) is 0 Å². The lowest BCUT2D eigenvalue weighted by Crippen LogP contribution is -2.28. The van der Waals surface area contributed by atoms with E-state index in [1.54, 1.807) is 11.8 Å². The molecular formula is C29H16N2OS. The first kappa shape index (κ1) is 17.5. The Morgan fingerprint density at radius 2 is 1.30 bits per heavy atom. The van der Waals surface area contributed by atoms with Crippen LogP contribution in [-0.4, -0.2) is 4.57 Å². The highest BCUT2D eigenvalue weighted by atomic mass is 32.2. The first-order valence-corrected chi connectivity index (χ1v) is 11.8.